The molecule has 2 aliphatic heterocycles. The van der Waals surface area contributed by atoms with Gasteiger partial charge in [0.15, 0.2) is 0 Å². The van der Waals surface area contributed by atoms with Crippen LogP contribution in [0.5, 0.6) is 0 Å². The van der Waals surface area contributed by atoms with Gasteiger partial charge in [-0.1, -0.05) is 17.9 Å². The molecule has 4 unspecified atom stereocenters. The van der Waals surface area contributed by atoms with Gasteiger partial charge < -0.3 is 19.3 Å². The molecule has 0 aliphatic carbocycles. The minimum Gasteiger partial charge on any atom is -0.462 e. The molecular weight excluding hydrogens is 272 g/mol. The van der Waals surface area contributed by atoms with Gasteiger partial charge in [0.1, 0.15) is 37.6 Å². The van der Waals surface area contributed by atoms with Crippen LogP contribution in [0, 0.1) is 35.5 Å². The van der Waals surface area contributed by atoms with E-state index in [2.05, 4.69) is 35.5 Å². The molecule has 4 atom stereocenters. The van der Waals surface area contributed by atoms with Gasteiger partial charge in [-0.15, -0.1) is 0 Å². The van der Waals surface area contributed by atoms with Crippen LogP contribution in [0.4, 0.5) is 0 Å². The molecule has 1 N–H and O–H groups in total. The highest BCUT2D eigenvalue weighted by Gasteiger charge is 2.56. The van der Waals surface area contributed by atoms with Crippen molar-refractivity contribution < 1.29 is 24.1 Å². The first-order chi connectivity index (χ1) is 10.2. The summed E-state index contributed by atoms with van der Waals surface area (Å²) < 4.78 is 15.6. The van der Waals surface area contributed by atoms with Crippen molar-refractivity contribution in [3.8, 4) is 35.5 Å². The van der Waals surface area contributed by atoms with E-state index in [0.717, 1.165) is 0 Å². The Morgan fingerprint density at radius 3 is 2.81 bits per heavy atom. The van der Waals surface area contributed by atoms with Crippen molar-refractivity contribution in [2.45, 2.75) is 31.3 Å². The molecule has 0 aromatic rings. The van der Waals surface area contributed by atoms with Crippen LogP contribution in [0.1, 0.15) is 6.92 Å². The van der Waals surface area contributed by atoms with Crippen molar-refractivity contribution in [2.24, 2.45) is 0 Å². The Balaban J connectivity index is 1.65. The molecule has 0 spiro atoms. The second kappa shape index (κ2) is 7.53. The molecule has 0 saturated carbocycles. The van der Waals surface area contributed by atoms with E-state index in [1.165, 1.54) is 6.92 Å². The standard InChI is InChI=1S/C16H14O5/c1-12(18)19-11-7-9-14-16(21-14)15-13(20-15)8-5-3-2-4-6-10-17/h7,9,13-17H,10-11H2,1H3. The maximum Gasteiger partial charge on any atom is 0.302 e. The van der Waals surface area contributed by atoms with Gasteiger partial charge in [-0.3, -0.25) is 4.79 Å². The summed E-state index contributed by atoms with van der Waals surface area (Å²) in [6.07, 6.45) is 3.44. The Labute approximate surface area is 123 Å². The molecule has 0 aromatic heterocycles. The number of carbonyl (C=O) groups excluding carboxylic acids is 1. The van der Waals surface area contributed by atoms with Gasteiger partial charge in [0.25, 0.3) is 0 Å². The topological polar surface area (TPSA) is 71.6 Å². The molecule has 2 saturated heterocycles. The zero-order valence-corrected chi connectivity index (χ0v) is 11.5. The molecule has 0 amide bonds. The smallest absolute Gasteiger partial charge is 0.302 e. The molecule has 0 bridgehead atoms. The number of rotatable bonds is 4. The molecule has 21 heavy (non-hydrogen) atoms. The highest BCUT2D eigenvalue weighted by atomic mass is 16.7. The van der Waals surface area contributed by atoms with Crippen LogP contribution in [0.15, 0.2) is 12.2 Å². The molecule has 2 heterocycles. The fourth-order valence-electron chi connectivity index (χ4n) is 1.65. The van der Waals surface area contributed by atoms with E-state index in [1.807, 2.05) is 6.08 Å². The summed E-state index contributed by atoms with van der Waals surface area (Å²) in [6.45, 7) is 1.41. The lowest BCUT2D eigenvalue weighted by Gasteiger charge is -1.93. The van der Waals surface area contributed by atoms with Crippen LogP contribution >= 0.6 is 0 Å². The monoisotopic (exact) mass is 286 g/mol. The molecule has 2 fully saturated rings. The molecule has 0 radical (unpaired) electrons. The second-order valence-electron chi connectivity index (χ2n) is 4.30. The van der Waals surface area contributed by atoms with E-state index in [-0.39, 0.29) is 43.6 Å². The summed E-state index contributed by atoms with van der Waals surface area (Å²) in [6, 6.07) is 0. The minimum absolute atomic E-state index is 0.00105. The van der Waals surface area contributed by atoms with Crippen LogP contribution < -0.4 is 0 Å². The van der Waals surface area contributed by atoms with E-state index < -0.39 is 0 Å². The summed E-state index contributed by atoms with van der Waals surface area (Å²) >= 11 is 0. The van der Waals surface area contributed by atoms with Gasteiger partial charge in [-0.2, -0.15) is 0 Å². The summed E-state index contributed by atoms with van der Waals surface area (Å²) in [5.41, 5.74) is 0. The molecule has 0 aromatic carbocycles. The van der Waals surface area contributed by atoms with E-state index >= 15 is 0 Å². The summed E-state index contributed by atoms with van der Waals surface area (Å²) in [7, 11) is 0. The molecule has 5 nitrogen and oxygen atoms in total. The third-order valence-corrected chi connectivity index (χ3v) is 2.69. The van der Waals surface area contributed by atoms with Gasteiger partial charge in [0, 0.05) is 6.92 Å². The van der Waals surface area contributed by atoms with Crippen LogP contribution in [0.3, 0.4) is 0 Å². The van der Waals surface area contributed by atoms with E-state index in [4.69, 9.17) is 19.3 Å². The largest absolute Gasteiger partial charge is 0.462 e. The summed E-state index contributed by atoms with van der Waals surface area (Å²) in [4.78, 5) is 10.6. The average molecular weight is 286 g/mol. The Kier molecular flexibility index (Phi) is 5.43. The van der Waals surface area contributed by atoms with Crippen LogP contribution in [-0.2, 0) is 19.0 Å². The number of carbonyl (C=O) groups is 1. The highest BCUT2D eigenvalue weighted by Crippen LogP contribution is 2.38. The number of aliphatic hydroxyl groups is 1. The third kappa shape index (κ3) is 5.34. The predicted octanol–water partition coefficient (Wildman–Crippen LogP) is -0.357. The third-order valence-electron chi connectivity index (χ3n) is 2.69. The number of hydrogen-bond donors (Lipinski definition) is 1. The fraction of sp³-hybridized carbons (Fsp3) is 0.438. The van der Waals surface area contributed by atoms with Gasteiger partial charge >= 0.3 is 5.97 Å². The van der Waals surface area contributed by atoms with Gasteiger partial charge in [-0.25, -0.2) is 0 Å². The zero-order chi connectivity index (χ0) is 15.1. The number of epoxide rings is 2. The number of aliphatic hydroxyl groups excluding tert-OH is 1. The van der Waals surface area contributed by atoms with Gasteiger partial charge in [0.05, 0.1) is 0 Å². The van der Waals surface area contributed by atoms with Crippen LogP contribution in [0.25, 0.3) is 0 Å². The molecule has 5 heteroatoms. The Hall–Kier alpha value is -2.23. The SMILES string of the molecule is CC(=O)OCC=CC1OC1C1OC1C#CC#CC#CCO. The second-order valence-corrected chi connectivity index (χ2v) is 4.30. The predicted molar refractivity (Wildman–Crippen MR) is 73.5 cm³/mol. The average Bonchev–Trinajstić information content (AvgIpc) is 3.33. The molecule has 2 aliphatic rings. The van der Waals surface area contributed by atoms with Crippen molar-refractivity contribution in [3.63, 3.8) is 0 Å². The lowest BCUT2D eigenvalue weighted by Crippen LogP contribution is -2.04. The molecule has 108 valence electrons. The van der Waals surface area contributed by atoms with Crippen LogP contribution in [0.2, 0.25) is 0 Å². The van der Waals surface area contributed by atoms with Crippen molar-refractivity contribution in [1.29, 1.82) is 0 Å². The van der Waals surface area contributed by atoms with E-state index in [9.17, 15) is 4.79 Å². The summed E-state index contributed by atoms with van der Waals surface area (Å²) in [5.74, 6) is 15.1. The molecular formula is C16H14O5. The fourth-order valence-corrected chi connectivity index (χ4v) is 1.65. The quantitative estimate of drug-likeness (QED) is 0.331. The van der Waals surface area contributed by atoms with Crippen molar-refractivity contribution in [2.75, 3.05) is 13.2 Å². The van der Waals surface area contributed by atoms with Gasteiger partial charge in [0.2, 0.25) is 0 Å². The van der Waals surface area contributed by atoms with Crippen molar-refractivity contribution in [1.82, 2.24) is 0 Å². The number of esters is 1. The normalized spacial score (nSPS) is 28.3. The first-order valence-electron chi connectivity index (χ1n) is 6.42. The first kappa shape index (κ1) is 15.2. The van der Waals surface area contributed by atoms with E-state index in [0.29, 0.717) is 0 Å². The van der Waals surface area contributed by atoms with Gasteiger partial charge in [-0.05, 0) is 29.8 Å². The summed E-state index contributed by atoms with van der Waals surface area (Å²) in [5, 5.41) is 8.41. The zero-order valence-electron chi connectivity index (χ0n) is 11.5. The van der Waals surface area contributed by atoms with E-state index in [1.54, 1.807) is 6.08 Å². The lowest BCUT2D eigenvalue weighted by molar-refractivity contribution is -0.139. The number of ether oxygens (including phenoxy) is 3. The highest BCUT2D eigenvalue weighted by molar-refractivity contribution is 5.66. The minimum atomic E-state index is -0.307. The Morgan fingerprint density at radius 1 is 1.24 bits per heavy atom. The number of hydrogen-bond acceptors (Lipinski definition) is 5. The lowest BCUT2D eigenvalue weighted by atomic mass is 10.2. The first-order valence-corrected chi connectivity index (χ1v) is 6.42. The Bertz CT molecular complexity index is 602. The Morgan fingerprint density at radius 2 is 2.05 bits per heavy atom. The van der Waals surface area contributed by atoms with Crippen molar-refractivity contribution >= 4 is 5.97 Å². The van der Waals surface area contributed by atoms with Crippen LogP contribution in [-0.4, -0.2) is 48.7 Å². The molecule has 2 rings (SSSR count). The maximum absolute atomic E-state index is 10.6. The van der Waals surface area contributed by atoms with Crippen molar-refractivity contribution in [3.05, 3.63) is 12.2 Å². The maximum atomic E-state index is 10.6.